The van der Waals surface area contributed by atoms with Crippen molar-refractivity contribution in [2.24, 2.45) is 0 Å². The minimum atomic E-state index is -0.391. The molecule has 3 nitrogen and oxygen atoms in total. The molecule has 0 fully saturated rings. The average Bonchev–Trinajstić information content (AvgIpc) is 2.67. The molecule has 0 atom stereocenters. The van der Waals surface area contributed by atoms with E-state index >= 15 is 0 Å². The molecule has 0 spiro atoms. The molecule has 5 heteroatoms. The summed E-state index contributed by atoms with van der Waals surface area (Å²) in [7, 11) is 0. The van der Waals surface area contributed by atoms with Crippen LogP contribution in [0.4, 0.5) is 5.69 Å². The first-order valence-electron chi connectivity index (χ1n) is 5.32. The van der Waals surface area contributed by atoms with Crippen LogP contribution in [0.3, 0.4) is 0 Å². The van der Waals surface area contributed by atoms with Gasteiger partial charge >= 0.3 is 0 Å². The van der Waals surface area contributed by atoms with Crippen molar-refractivity contribution in [1.82, 2.24) is 0 Å². The molecule has 0 amide bonds. The Kier molecular flexibility index (Phi) is 2.54. The Hall–Kier alpha value is -1.58. The third-order valence-electron chi connectivity index (χ3n) is 3.12. The van der Waals surface area contributed by atoms with Crippen molar-refractivity contribution < 1.29 is 4.92 Å². The van der Waals surface area contributed by atoms with E-state index in [0.717, 1.165) is 22.3 Å². The predicted octanol–water partition coefficient (Wildman–Crippen LogP) is 4.47. The predicted molar refractivity (Wildman–Crippen MR) is 71.4 cm³/mol. The van der Waals surface area contributed by atoms with Gasteiger partial charge in [0, 0.05) is 28.6 Å². The van der Waals surface area contributed by atoms with Crippen molar-refractivity contribution in [3.63, 3.8) is 0 Å². The third kappa shape index (κ3) is 1.67. The summed E-state index contributed by atoms with van der Waals surface area (Å²) in [6, 6.07) is 8.40. The van der Waals surface area contributed by atoms with Crippen LogP contribution < -0.4 is 0 Å². The fourth-order valence-corrected chi connectivity index (χ4v) is 2.88. The molecule has 2 aromatic rings. The molecule has 3 rings (SSSR count). The van der Waals surface area contributed by atoms with Crippen LogP contribution >= 0.6 is 23.2 Å². The number of hydrogen-bond acceptors (Lipinski definition) is 2. The molecule has 0 N–H and O–H groups in total. The first-order valence-corrected chi connectivity index (χ1v) is 6.07. The molecule has 0 heterocycles. The van der Waals surface area contributed by atoms with Crippen molar-refractivity contribution in [2.75, 3.05) is 0 Å². The number of non-ortho nitro benzene ring substituents is 1. The maximum Gasteiger partial charge on any atom is 0.269 e. The highest BCUT2D eigenvalue weighted by atomic mass is 35.5. The smallest absolute Gasteiger partial charge is 0.258 e. The number of halogens is 2. The molecule has 0 aliphatic heterocycles. The topological polar surface area (TPSA) is 43.1 Å². The Bertz CT molecular complexity index is 683. The Morgan fingerprint density at radius 1 is 1.11 bits per heavy atom. The number of nitro benzene ring substituents is 1. The molecule has 0 aromatic heterocycles. The zero-order valence-corrected chi connectivity index (χ0v) is 10.6. The van der Waals surface area contributed by atoms with Crippen molar-refractivity contribution in [3.05, 3.63) is 61.6 Å². The van der Waals surface area contributed by atoms with Crippen molar-refractivity contribution in [2.45, 2.75) is 6.42 Å². The summed E-state index contributed by atoms with van der Waals surface area (Å²) < 4.78 is 0. The summed E-state index contributed by atoms with van der Waals surface area (Å²) in [5.41, 5.74) is 3.95. The zero-order chi connectivity index (χ0) is 12.9. The van der Waals surface area contributed by atoms with Crippen LogP contribution in [0.2, 0.25) is 10.0 Å². The van der Waals surface area contributed by atoms with E-state index in [4.69, 9.17) is 23.2 Å². The number of nitro groups is 1. The van der Waals surface area contributed by atoms with E-state index in [-0.39, 0.29) is 5.69 Å². The monoisotopic (exact) mass is 279 g/mol. The molecule has 1 aliphatic carbocycles. The Morgan fingerprint density at radius 3 is 2.61 bits per heavy atom. The van der Waals surface area contributed by atoms with Gasteiger partial charge in [-0.1, -0.05) is 23.2 Å². The van der Waals surface area contributed by atoms with Crippen molar-refractivity contribution >= 4 is 28.9 Å². The van der Waals surface area contributed by atoms with Crippen LogP contribution in [0.5, 0.6) is 0 Å². The minimum Gasteiger partial charge on any atom is -0.258 e. The fourth-order valence-electron chi connectivity index (χ4n) is 2.32. The highest BCUT2D eigenvalue weighted by Crippen LogP contribution is 2.42. The molecule has 90 valence electrons. The molecule has 0 radical (unpaired) electrons. The second-order valence-electron chi connectivity index (χ2n) is 4.19. The van der Waals surface area contributed by atoms with Crippen molar-refractivity contribution in [1.29, 1.82) is 0 Å². The van der Waals surface area contributed by atoms with Gasteiger partial charge in [0.2, 0.25) is 0 Å². The molecular weight excluding hydrogens is 273 g/mol. The summed E-state index contributed by atoms with van der Waals surface area (Å²) in [5.74, 6) is 0. The van der Waals surface area contributed by atoms with E-state index < -0.39 is 4.92 Å². The standard InChI is InChI=1S/C13H7Cl2NO2/c14-8-5-11-10-2-1-9(16(17)18)3-7(10)4-12(11)13(15)6-8/h1-3,5-6H,4H2. The van der Waals surface area contributed by atoms with Crippen LogP contribution in [0.1, 0.15) is 11.1 Å². The van der Waals surface area contributed by atoms with Gasteiger partial charge in [0.15, 0.2) is 0 Å². The van der Waals surface area contributed by atoms with E-state index in [2.05, 4.69) is 0 Å². The van der Waals surface area contributed by atoms with Gasteiger partial charge in [-0.15, -0.1) is 0 Å². The quantitative estimate of drug-likeness (QED) is 0.487. The minimum absolute atomic E-state index is 0.101. The van der Waals surface area contributed by atoms with Gasteiger partial charge in [-0.25, -0.2) is 0 Å². The number of nitrogens with zero attached hydrogens (tertiary/aromatic N) is 1. The second-order valence-corrected chi connectivity index (χ2v) is 5.03. The highest BCUT2D eigenvalue weighted by Gasteiger charge is 2.23. The first kappa shape index (κ1) is 11.5. The first-order chi connectivity index (χ1) is 8.56. The van der Waals surface area contributed by atoms with Crippen LogP contribution in [0.15, 0.2) is 30.3 Å². The van der Waals surface area contributed by atoms with Gasteiger partial charge in [0.25, 0.3) is 5.69 Å². The van der Waals surface area contributed by atoms with Crippen LogP contribution in [-0.2, 0) is 6.42 Å². The summed E-state index contributed by atoms with van der Waals surface area (Å²) >= 11 is 12.1. The lowest BCUT2D eigenvalue weighted by Gasteiger charge is -2.03. The molecule has 0 saturated carbocycles. The third-order valence-corrected chi connectivity index (χ3v) is 3.67. The highest BCUT2D eigenvalue weighted by molar-refractivity contribution is 6.35. The van der Waals surface area contributed by atoms with Crippen LogP contribution in [0.25, 0.3) is 11.1 Å². The molecule has 1 aliphatic rings. The lowest BCUT2D eigenvalue weighted by Crippen LogP contribution is -1.89. The molecule has 0 unspecified atom stereocenters. The summed E-state index contributed by atoms with van der Waals surface area (Å²) in [5, 5.41) is 11.9. The van der Waals surface area contributed by atoms with E-state index in [1.807, 2.05) is 6.07 Å². The normalized spacial score (nSPS) is 12.1. The van der Waals surface area contributed by atoms with Gasteiger partial charge in [-0.05, 0) is 40.5 Å². The fraction of sp³-hybridized carbons (Fsp3) is 0.0769. The number of rotatable bonds is 1. The number of fused-ring (bicyclic) bond motifs is 3. The second kappa shape index (κ2) is 3.97. The van der Waals surface area contributed by atoms with Crippen molar-refractivity contribution in [3.8, 4) is 11.1 Å². The molecule has 2 aromatic carbocycles. The molecule has 0 bridgehead atoms. The number of hydrogen-bond donors (Lipinski definition) is 0. The largest absolute Gasteiger partial charge is 0.269 e. The van der Waals surface area contributed by atoms with Crippen LogP contribution in [-0.4, -0.2) is 4.92 Å². The van der Waals surface area contributed by atoms with E-state index in [1.165, 1.54) is 6.07 Å². The lowest BCUT2D eigenvalue weighted by atomic mass is 10.1. The van der Waals surface area contributed by atoms with Crippen LogP contribution in [0, 0.1) is 10.1 Å². The van der Waals surface area contributed by atoms with Gasteiger partial charge in [0.05, 0.1) is 4.92 Å². The Morgan fingerprint density at radius 2 is 1.89 bits per heavy atom. The summed E-state index contributed by atoms with van der Waals surface area (Å²) in [4.78, 5) is 10.4. The average molecular weight is 280 g/mol. The summed E-state index contributed by atoms with van der Waals surface area (Å²) in [6.45, 7) is 0. The zero-order valence-electron chi connectivity index (χ0n) is 9.11. The van der Waals surface area contributed by atoms with Gasteiger partial charge in [-0.2, -0.15) is 0 Å². The maximum atomic E-state index is 10.8. The summed E-state index contributed by atoms with van der Waals surface area (Å²) in [6.07, 6.45) is 0.613. The SMILES string of the molecule is O=[N+]([O-])c1ccc2c(c1)Cc1c(Cl)cc(Cl)cc1-2. The molecule has 0 saturated heterocycles. The van der Waals surface area contributed by atoms with E-state index in [0.29, 0.717) is 16.5 Å². The Balaban J connectivity index is 2.21. The number of benzene rings is 2. The van der Waals surface area contributed by atoms with Gasteiger partial charge in [-0.3, -0.25) is 10.1 Å². The van der Waals surface area contributed by atoms with Gasteiger partial charge in [0.1, 0.15) is 0 Å². The maximum absolute atomic E-state index is 10.8. The molecular formula is C13H7Cl2NO2. The van der Waals surface area contributed by atoms with E-state index in [1.54, 1.807) is 18.2 Å². The molecule has 18 heavy (non-hydrogen) atoms. The van der Waals surface area contributed by atoms with E-state index in [9.17, 15) is 10.1 Å². The lowest BCUT2D eigenvalue weighted by molar-refractivity contribution is -0.384. The van der Waals surface area contributed by atoms with Gasteiger partial charge < -0.3 is 0 Å². The Labute approximate surface area is 113 Å².